The van der Waals surface area contributed by atoms with E-state index in [1.54, 1.807) is 0 Å². The first-order valence-corrected chi connectivity index (χ1v) is 14.5. The predicted molar refractivity (Wildman–Crippen MR) is 146 cm³/mol. The average Bonchev–Trinajstić information content (AvgIpc) is 3.29. The Bertz CT molecular complexity index is 914. The largest absolute Gasteiger partial charge is 0.461 e. The smallest absolute Gasteiger partial charge is 0.306 e. The molecule has 2 aromatic carbocycles. The number of rotatable bonds is 15. The van der Waals surface area contributed by atoms with Crippen molar-refractivity contribution in [3.63, 3.8) is 0 Å². The van der Waals surface area contributed by atoms with E-state index in [1.807, 2.05) is 48.5 Å². The maximum absolute atomic E-state index is 12.1. The Morgan fingerprint density at radius 3 is 2.24 bits per heavy atom. The van der Waals surface area contributed by atoms with Crippen molar-refractivity contribution >= 4 is 5.97 Å². The van der Waals surface area contributed by atoms with Crippen LogP contribution in [-0.4, -0.2) is 42.8 Å². The molecule has 1 aliphatic heterocycles. The van der Waals surface area contributed by atoms with E-state index in [1.165, 1.54) is 0 Å². The Labute approximate surface area is 227 Å². The van der Waals surface area contributed by atoms with Gasteiger partial charge in [0.1, 0.15) is 6.61 Å². The highest BCUT2D eigenvalue weighted by Crippen LogP contribution is 2.41. The fraction of sp³-hybridized carbons (Fsp3) is 0.594. The Hall–Kier alpha value is -2.25. The molecule has 1 heterocycles. The molecular weight excluding hydrogens is 480 g/mol. The van der Waals surface area contributed by atoms with Gasteiger partial charge in [0.05, 0.1) is 18.8 Å². The van der Waals surface area contributed by atoms with E-state index >= 15 is 0 Å². The molecule has 0 spiro atoms. The van der Waals surface area contributed by atoms with E-state index in [4.69, 9.17) is 18.9 Å². The number of ether oxygens (including phenoxy) is 4. The standard InChI is InChI=1S/C32H44O6/c33-22-28-27(17-9-1-2-10-18-31(34)37-24-26-15-7-4-8-16-26)30(38-32-19-11-12-20-35-32)21-29(28)36-23-25-13-5-3-6-14-25/h3-8,13-16,27-30,32-33H,1-2,9-12,17-24H2/t27-,28-,29-,30+,32?/m1/s1. The van der Waals surface area contributed by atoms with Crippen molar-refractivity contribution in [2.24, 2.45) is 11.8 Å². The van der Waals surface area contributed by atoms with Crippen molar-refractivity contribution in [3.8, 4) is 0 Å². The summed E-state index contributed by atoms with van der Waals surface area (Å²) in [5.41, 5.74) is 2.15. The molecule has 6 nitrogen and oxygen atoms in total. The lowest BCUT2D eigenvalue weighted by molar-refractivity contribution is -0.197. The van der Waals surface area contributed by atoms with Crippen molar-refractivity contribution in [3.05, 3.63) is 71.8 Å². The lowest BCUT2D eigenvalue weighted by Gasteiger charge is -2.30. The monoisotopic (exact) mass is 524 g/mol. The molecule has 38 heavy (non-hydrogen) atoms. The molecule has 1 N–H and O–H groups in total. The summed E-state index contributed by atoms with van der Waals surface area (Å²) in [5.74, 6) is 0.159. The van der Waals surface area contributed by atoms with E-state index in [-0.39, 0.29) is 42.9 Å². The van der Waals surface area contributed by atoms with E-state index in [9.17, 15) is 9.90 Å². The Kier molecular flexibility index (Phi) is 12.1. The van der Waals surface area contributed by atoms with Crippen molar-refractivity contribution in [1.82, 2.24) is 0 Å². The lowest BCUT2D eigenvalue weighted by Crippen LogP contribution is -2.32. The maximum Gasteiger partial charge on any atom is 0.306 e. The van der Waals surface area contributed by atoms with Gasteiger partial charge in [-0.2, -0.15) is 0 Å². The summed E-state index contributed by atoms with van der Waals surface area (Å²) < 4.78 is 24.1. The zero-order chi connectivity index (χ0) is 26.4. The predicted octanol–water partition coefficient (Wildman–Crippen LogP) is 6.20. The molecule has 208 valence electrons. The van der Waals surface area contributed by atoms with Crippen molar-refractivity contribution in [2.75, 3.05) is 13.2 Å². The first kappa shape index (κ1) is 28.8. The molecule has 0 bridgehead atoms. The molecule has 1 unspecified atom stereocenters. The minimum atomic E-state index is -0.148. The first-order chi connectivity index (χ1) is 18.7. The Morgan fingerprint density at radius 2 is 1.55 bits per heavy atom. The van der Waals surface area contributed by atoms with Crippen LogP contribution in [0.1, 0.15) is 75.3 Å². The zero-order valence-corrected chi connectivity index (χ0v) is 22.5. The molecule has 6 heteroatoms. The molecule has 2 aliphatic rings. The third-order valence-electron chi connectivity index (χ3n) is 7.86. The highest BCUT2D eigenvalue weighted by atomic mass is 16.7. The van der Waals surface area contributed by atoms with Crippen LogP contribution < -0.4 is 0 Å². The summed E-state index contributed by atoms with van der Waals surface area (Å²) >= 11 is 0. The van der Waals surface area contributed by atoms with Gasteiger partial charge in [0, 0.05) is 32.0 Å². The Morgan fingerprint density at radius 1 is 0.842 bits per heavy atom. The van der Waals surface area contributed by atoms with E-state index in [0.29, 0.717) is 19.6 Å². The molecule has 1 saturated heterocycles. The molecule has 5 atom stereocenters. The van der Waals surface area contributed by atoms with Gasteiger partial charge in [-0.1, -0.05) is 79.9 Å². The summed E-state index contributed by atoms with van der Waals surface area (Å²) in [4.78, 5) is 12.1. The summed E-state index contributed by atoms with van der Waals surface area (Å²) in [6, 6.07) is 20.0. The highest BCUT2D eigenvalue weighted by molar-refractivity contribution is 5.69. The summed E-state index contributed by atoms with van der Waals surface area (Å²) in [5, 5.41) is 10.3. The third-order valence-corrected chi connectivity index (χ3v) is 7.86. The van der Waals surface area contributed by atoms with Crippen LogP contribution in [0.3, 0.4) is 0 Å². The van der Waals surface area contributed by atoms with Crippen molar-refractivity contribution in [2.45, 2.75) is 95.9 Å². The minimum Gasteiger partial charge on any atom is -0.461 e. The van der Waals surface area contributed by atoms with E-state index < -0.39 is 0 Å². The van der Waals surface area contributed by atoms with Gasteiger partial charge in [0.25, 0.3) is 0 Å². The number of aliphatic hydroxyl groups is 1. The number of hydrogen-bond donors (Lipinski definition) is 1. The van der Waals surface area contributed by atoms with Gasteiger partial charge >= 0.3 is 5.97 Å². The van der Waals surface area contributed by atoms with E-state index in [2.05, 4.69) is 12.1 Å². The zero-order valence-electron chi connectivity index (χ0n) is 22.5. The summed E-state index contributed by atoms with van der Waals surface area (Å²) in [6.45, 7) is 1.74. The Balaban J connectivity index is 1.21. The molecule has 4 rings (SSSR count). The minimum absolute atomic E-state index is 0.0295. The van der Waals surface area contributed by atoms with Gasteiger partial charge in [-0.05, 0) is 49.1 Å². The molecule has 0 radical (unpaired) electrons. The van der Waals surface area contributed by atoms with Crippen LogP contribution in [0.5, 0.6) is 0 Å². The van der Waals surface area contributed by atoms with Crippen LogP contribution in [0.4, 0.5) is 0 Å². The number of unbranched alkanes of at least 4 members (excludes halogenated alkanes) is 3. The molecule has 2 fully saturated rings. The molecule has 1 aliphatic carbocycles. The number of benzene rings is 2. The summed E-state index contributed by atoms with van der Waals surface area (Å²) in [7, 11) is 0. The number of aliphatic hydroxyl groups excluding tert-OH is 1. The molecule has 0 amide bonds. The fourth-order valence-corrected chi connectivity index (χ4v) is 5.74. The van der Waals surface area contributed by atoms with Crippen LogP contribution in [-0.2, 0) is 37.0 Å². The SMILES string of the molecule is O=C(CCCCCC[C@@H]1[C@@H](CO)[C@H](OCc2ccccc2)C[C@@H]1OC1CCCCO1)OCc1ccccc1. The van der Waals surface area contributed by atoms with Gasteiger partial charge < -0.3 is 24.1 Å². The number of carbonyl (C=O) groups is 1. The molecule has 0 aromatic heterocycles. The first-order valence-electron chi connectivity index (χ1n) is 14.5. The second-order valence-corrected chi connectivity index (χ2v) is 10.7. The number of carbonyl (C=O) groups excluding carboxylic acids is 1. The van der Waals surface area contributed by atoms with Gasteiger partial charge in [-0.3, -0.25) is 4.79 Å². The van der Waals surface area contributed by atoms with Crippen molar-refractivity contribution in [1.29, 1.82) is 0 Å². The molecule has 2 aromatic rings. The number of esters is 1. The van der Waals surface area contributed by atoms with E-state index in [0.717, 1.165) is 75.5 Å². The topological polar surface area (TPSA) is 74.2 Å². The van der Waals surface area contributed by atoms with Gasteiger partial charge in [0.15, 0.2) is 6.29 Å². The van der Waals surface area contributed by atoms with Crippen molar-refractivity contribution < 1.29 is 28.8 Å². The van der Waals surface area contributed by atoms with Gasteiger partial charge in [0.2, 0.25) is 0 Å². The maximum atomic E-state index is 12.1. The summed E-state index contributed by atoms with van der Waals surface area (Å²) in [6.07, 6.45) is 9.14. The fourth-order valence-electron chi connectivity index (χ4n) is 5.74. The number of hydrogen-bond acceptors (Lipinski definition) is 6. The second-order valence-electron chi connectivity index (χ2n) is 10.7. The molecule has 1 saturated carbocycles. The highest BCUT2D eigenvalue weighted by Gasteiger charge is 2.44. The average molecular weight is 525 g/mol. The quantitative estimate of drug-likeness (QED) is 0.221. The molecular formula is C32H44O6. The van der Waals surface area contributed by atoms with Gasteiger partial charge in [-0.15, -0.1) is 0 Å². The van der Waals surface area contributed by atoms with Crippen LogP contribution in [0, 0.1) is 11.8 Å². The van der Waals surface area contributed by atoms with Crippen LogP contribution in [0.2, 0.25) is 0 Å². The van der Waals surface area contributed by atoms with Crippen LogP contribution in [0.15, 0.2) is 60.7 Å². The second kappa shape index (κ2) is 16.0. The third kappa shape index (κ3) is 9.19. The lowest BCUT2D eigenvalue weighted by atomic mass is 9.89. The normalized spacial score (nSPS) is 25.3. The van der Waals surface area contributed by atoms with Gasteiger partial charge in [-0.25, -0.2) is 0 Å². The van der Waals surface area contributed by atoms with Crippen LogP contribution in [0.25, 0.3) is 0 Å². The van der Waals surface area contributed by atoms with Crippen LogP contribution >= 0.6 is 0 Å².